The van der Waals surface area contributed by atoms with E-state index in [0.717, 1.165) is 5.69 Å². The zero-order valence-electron chi connectivity index (χ0n) is 16.3. The lowest BCUT2D eigenvalue weighted by Gasteiger charge is -2.13. The van der Waals surface area contributed by atoms with Crippen LogP contribution in [-0.4, -0.2) is 43.0 Å². The zero-order valence-corrected chi connectivity index (χ0v) is 16.3. The molecule has 0 aliphatic rings. The van der Waals surface area contributed by atoms with E-state index in [-0.39, 0.29) is 11.6 Å². The van der Waals surface area contributed by atoms with Crippen molar-refractivity contribution in [3.63, 3.8) is 0 Å². The maximum Gasteiger partial charge on any atom is 0.337 e. The smallest absolute Gasteiger partial charge is 0.337 e. The Morgan fingerprint density at radius 3 is 2.21 bits per heavy atom. The first-order valence-electron chi connectivity index (χ1n) is 8.82. The third-order valence-electron chi connectivity index (χ3n) is 4.12. The highest BCUT2D eigenvalue weighted by Gasteiger charge is 2.10. The van der Waals surface area contributed by atoms with Crippen molar-refractivity contribution in [2.24, 2.45) is 0 Å². The topological polar surface area (TPSA) is 96.4 Å². The van der Waals surface area contributed by atoms with Crippen molar-refractivity contribution in [2.45, 2.75) is 0 Å². The predicted octanol–water partition coefficient (Wildman–Crippen LogP) is 3.33. The molecule has 8 nitrogen and oxygen atoms in total. The van der Waals surface area contributed by atoms with Crippen LogP contribution in [0.1, 0.15) is 20.8 Å². The zero-order chi connectivity index (χ0) is 20.8. The van der Waals surface area contributed by atoms with Gasteiger partial charge in [-0.2, -0.15) is 0 Å². The minimum atomic E-state index is -0.406. The Hall–Kier alpha value is -3.94. The van der Waals surface area contributed by atoms with Gasteiger partial charge in [-0.3, -0.25) is 4.79 Å². The second-order valence-corrected chi connectivity index (χ2v) is 6.38. The van der Waals surface area contributed by atoms with Crippen LogP contribution in [0.4, 0.5) is 22.9 Å². The summed E-state index contributed by atoms with van der Waals surface area (Å²) in [5, 5.41) is 5.89. The molecule has 1 aromatic heterocycles. The molecule has 0 radical (unpaired) electrons. The monoisotopic (exact) mass is 391 g/mol. The van der Waals surface area contributed by atoms with Crippen LogP contribution in [0.15, 0.2) is 60.9 Å². The molecule has 0 spiro atoms. The van der Waals surface area contributed by atoms with Crippen LogP contribution in [0.2, 0.25) is 0 Å². The summed E-state index contributed by atoms with van der Waals surface area (Å²) < 4.78 is 4.68. The average molecular weight is 391 g/mol. The van der Waals surface area contributed by atoms with Crippen molar-refractivity contribution in [3.8, 4) is 0 Å². The normalized spacial score (nSPS) is 10.2. The van der Waals surface area contributed by atoms with Crippen LogP contribution in [0, 0.1) is 0 Å². The van der Waals surface area contributed by atoms with Gasteiger partial charge in [-0.05, 0) is 48.5 Å². The number of hydrogen-bond acceptors (Lipinski definition) is 7. The Labute approximate surface area is 168 Å². The van der Waals surface area contributed by atoms with Gasteiger partial charge in [-0.1, -0.05) is 0 Å². The number of nitrogens with one attached hydrogen (secondary N) is 2. The summed E-state index contributed by atoms with van der Waals surface area (Å²) in [6.07, 6.45) is 1.31. The number of benzene rings is 2. The Kier molecular flexibility index (Phi) is 6.03. The van der Waals surface area contributed by atoms with Crippen molar-refractivity contribution in [3.05, 3.63) is 72.2 Å². The molecule has 0 saturated heterocycles. The molecule has 0 unspecified atom stereocenters. The van der Waals surface area contributed by atoms with E-state index in [0.29, 0.717) is 22.8 Å². The average Bonchev–Trinajstić information content (AvgIpc) is 2.74. The van der Waals surface area contributed by atoms with Gasteiger partial charge in [0.2, 0.25) is 0 Å². The molecule has 0 aliphatic heterocycles. The van der Waals surface area contributed by atoms with E-state index >= 15 is 0 Å². The molecule has 0 bridgehead atoms. The number of aromatic nitrogens is 2. The number of hydrogen-bond donors (Lipinski definition) is 2. The van der Waals surface area contributed by atoms with Gasteiger partial charge in [0.15, 0.2) is 0 Å². The molecule has 0 atom stereocenters. The third-order valence-corrected chi connectivity index (χ3v) is 4.12. The fourth-order valence-corrected chi connectivity index (χ4v) is 2.54. The van der Waals surface area contributed by atoms with Gasteiger partial charge in [0, 0.05) is 37.2 Å². The van der Waals surface area contributed by atoms with E-state index in [1.165, 1.54) is 13.4 Å². The number of carbonyl (C=O) groups is 2. The lowest BCUT2D eigenvalue weighted by molar-refractivity contribution is 0.0600. The third kappa shape index (κ3) is 5.07. The first-order valence-corrected chi connectivity index (χ1v) is 8.82. The van der Waals surface area contributed by atoms with Crippen molar-refractivity contribution in [2.75, 3.05) is 36.7 Å². The molecular formula is C21H21N5O3. The lowest BCUT2D eigenvalue weighted by Crippen LogP contribution is -2.14. The van der Waals surface area contributed by atoms with Gasteiger partial charge in [-0.15, -0.1) is 0 Å². The van der Waals surface area contributed by atoms with Crippen LogP contribution in [0.25, 0.3) is 0 Å². The summed E-state index contributed by atoms with van der Waals surface area (Å²) in [7, 11) is 5.23. The molecular weight excluding hydrogens is 370 g/mol. The summed E-state index contributed by atoms with van der Waals surface area (Å²) in [5.74, 6) is -0.288. The number of methoxy groups -OCH3 is 1. The quantitative estimate of drug-likeness (QED) is 0.622. The van der Waals surface area contributed by atoms with Crippen molar-refractivity contribution in [1.29, 1.82) is 0 Å². The summed E-state index contributed by atoms with van der Waals surface area (Å²) in [5.41, 5.74) is 3.09. The molecule has 3 aromatic rings. The van der Waals surface area contributed by atoms with Crippen LogP contribution in [0.5, 0.6) is 0 Å². The number of ether oxygens (including phenoxy) is 1. The van der Waals surface area contributed by atoms with E-state index in [2.05, 4.69) is 25.3 Å². The Balaban J connectivity index is 1.68. The molecule has 29 heavy (non-hydrogen) atoms. The highest BCUT2D eigenvalue weighted by atomic mass is 16.5. The van der Waals surface area contributed by atoms with Crippen LogP contribution in [-0.2, 0) is 4.74 Å². The first-order chi connectivity index (χ1) is 14.0. The fourth-order valence-electron chi connectivity index (χ4n) is 2.54. The van der Waals surface area contributed by atoms with Crippen LogP contribution < -0.4 is 15.5 Å². The van der Waals surface area contributed by atoms with Gasteiger partial charge in [-0.25, -0.2) is 14.8 Å². The summed E-state index contributed by atoms with van der Waals surface area (Å²) in [4.78, 5) is 34.1. The lowest BCUT2D eigenvalue weighted by atomic mass is 10.2. The maximum atomic E-state index is 12.5. The van der Waals surface area contributed by atoms with E-state index < -0.39 is 5.97 Å². The van der Waals surface area contributed by atoms with E-state index in [9.17, 15) is 9.59 Å². The molecule has 3 rings (SSSR count). The number of anilines is 4. The first kappa shape index (κ1) is 19.8. The number of carbonyl (C=O) groups excluding carboxylic acids is 2. The summed E-state index contributed by atoms with van der Waals surface area (Å²) in [6, 6.07) is 15.8. The minimum absolute atomic E-state index is 0.227. The Morgan fingerprint density at radius 1 is 0.931 bits per heavy atom. The number of esters is 1. The number of amides is 1. The summed E-state index contributed by atoms with van der Waals surface area (Å²) >= 11 is 0. The van der Waals surface area contributed by atoms with Gasteiger partial charge in [0.25, 0.3) is 5.91 Å². The molecule has 8 heteroatoms. The molecule has 2 aromatic carbocycles. The van der Waals surface area contributed by atoms with Gasteiger partial charge >= 0.3 is 5.97 Å². The highest BCUT2D eigenvalue weighted by Crippen LogP contribution is 2.18. The maximum absolute atomic E-state index is 12.5. The Morgan fingerprint density at radius 2 is 1.59 bits per heavy atom. The number of rotatable bonds is 6. The molecule has 148 valence electrons. The molecule has 0 fully saturated rings. The molecule has 0 saturated carbocycles. The standard InChI is InChI=1S/C21H21N5O3/c1-26(2)17-10-8-16(9-11-17)25-20(27)18-12-19(23-13-22-18)24-15-6-4-14(5-7-15)21(28)29-3/h4-13H,1-3H3,(H,25,27)(H,22,23,24). The highest BCUT2D eigenvalue weighted by molar-refractivity contribution is 6.03. The van der Waals surface area contributed by atoms with E-state index in [1.54, 1.807) is 30.3 Å². The van der Waals surface area contributed by atoms with Crippen LogP contribution >= 0.6 is 0 Å². The number of nitrogens with zero attached hydrogens (tertiary/aromatic N) is 3. The van der Waals surface area contributed by atoms with E-state index in [1.807, 2.05) is 43.3 Å². The molecule has 0 aliphatic carbocycles. The van der Waals surface area contributed by atoms with Gasteiger partial charge in [0.05, 0.1) is 12.7 Å². The van der Waals surface area contributed by atoms with Gasteiger partial charge < -0.3 is 20.3 Å². The minimum Gasteiger partial charge on any atom is -0.465 e. The summed E-state index contributed by atoms with van der Waals surface area (Å²) in [6.45, 7) is 0. The SMILES string of the molecule is COC(=O)c1ccc(Nc2cc(C(=O)Nc3ccc(N(C)C)cc3)ncn2)cc1. The van der Waals surface area contributed by atoms with Crippen molar-refractivity contribution in [1.82, 2.24) is 9.97 Å². The van der Waals surface area contributed by atoms with Crippen molar-refractivity contribution >= 4 is 34.8 Å². The molecule has 2 N–H and O–H groups in total. The molecule has 1 amide bonds. The Bertz CT molecular complexity index is 1000. The second-order valence-electron chi connectivity index (χ2n) is 6.38. The second kappa shape index (κ2) is 8.83. The molecule has 1 heterocycles. The van der Waals surface area contributed by atoms with Crippen molar-refractivity contribution < 1.29 is 14.3 Å². The van der Waals surface area contributed by atoms with E-state index in [4.69, 9.17) is 0 Å². The fraction of sp³-hybridized carbons (Fsp3) is 0.143. The van der Waals surface area contributed by atoms with Gasteiger partial charge in [0.1, 0.15) is 17.8 Å². The predicted molar refractivity (Wildman–Crippen MR) is 112 cm³/mol. The largest absolute Gasteiger partial charge is 0.465 e. The van der Waals surface area contributed by atoms with Crippen LogP contribution in [0.3, 0.4) is 0 Å².